The maximum absolute atomic E-state index is 6.87. The molecule has 3 aliphatic carbocycles. The number of hydrogen-bond acceptors (Lipinski definition) is 3. The Morgan fingerprint density at radius 1 is 1.06 bits per heavy atom. The Morgan fingerprint density at radius 3 is 2.31 bits per heavy atom. The van der Waals surface area contributed by atoms with Crippen LogP contribution in [-0.2, 0) is 20.7 Å². The maximum atomic E-state index is 6.87. The summed E-state index contributed by atoms with van der Waals surface area (Å²) in [4.78, 5) is 0. The third-order valence-corrected chi connectivity index (χ3v) is 14.0. The first-order valence-corrected chi connectivity index (χ1v) is 16.4. The van der Waals surface area contributed by atoms with Crippen molar-refractivity contribution in [3.05, 3.63) is 78.3 Å². The summed E-state index contributed by atoms with van der Waals surface area (Å²) in [6.07, 6.45) is 2.50. The van der Waals surface area contributed by atoms with Crippen molar-refractivity contribution in [2.75, 3.05) is 0 Å². The molecule has 35 heavy (non-hydrogen) atoms. The summed E-state index contributed by atoms with van der Waals surface area (Å²) in [5.41, 5.74) is 2.50. The lowest BCUT2D eigenvalue weighted by molar-refractivity contribution is -0.199. The molecular weight excluding hydrogens is 447 g/mol. The Kier molecular flexibility index (Phi) is 6.45. The second-order valence-corrected chi connectivity index (χ2v) is 17.1. The molecule has 2 aromatic carbocycles. The van der Waals surface area contributed by atoms with Gasteiger partial charge in [0.2, 0.25) is 0 Å². The van der Waals surface area contributed by atoms with Crippen LogP contribution < -0.4 is 5.19 Å². The lowest BCUT2D eigenvalue weighted by Gasteiger charge is -2.64. The largest absolute Gasteiger partial charge is 0.489 e. The summed E-state index contributed by atoms with van der Waals surface area (Å²) in [7, 11) is -2.41. The molecule has 2 bridgehead atoms. The van der Waals surface area contributed by atoms with Crippen molar-refractivity contribution in [2.45, 2.75) is 83.6 Å². The fourth-order valence-electron chi connectivity index (χ4n) is 7.47. The molecule has 0 radical (unpaired) electrons. The summed E-state index contributed by atoms with van der Waals surface area (Å²) >= 11 is 0. The van der Waals surface area contributed by atoms with Gasteiger partial charge in [-0.15, -0.1) is 6.58 Å². The average Bonchev–Trinajstić information content (AvgIpc) is 3.21. The molecule has 4 fully saturated rings. The van der Waals surface area contributed by atoms with Crippen molar-refractivity contribution < 1.29 is 14.0 Å². The highest BCUT2D eigenvalue weighted by Gasteiger charge is 2.68. The second kappa shape index (κ2) is 9.02. The molecule has 1 saturated heterocycles. The van der Waals surface area contributed by atoms with E-state index in [-0.39, 0.29) is 30.5 Å². The van der Waals surface area contributed by atoms with Gasteiger partial charge in [-0.1, -0.05) is 92.8 Å². The van der Waals surface area contributed by atoms with Gasteiger partial charge in [-0.05, 0) is 55.0 Å². The van der Waals surface area contributed by atoms with Crippen LogP contribution in [0.3, 0.4) is 0 Å². The number of ether oxygens (including phenoxy) is 1. The average molecular weight is 489 g/mol. The van der Waals surface area contributed by atoms with E-state index in [9.17, 15) is 0 Å². The fraction of sp³-hybridized carbons (Fsp3) is 0.533. The highest BCUT2D eigenvalue weighted by Crippen LogP contribution is 2.66. The molecule has 0 N–H and O–H groups in total. The highest BCUT2D eigenvalue weighted by atomic mass is 28.3. The van der Waals surface area contributed by atoms with E-state index >= 15 is 0 Å². The van der Waals surface area contributed by atoms with Gasteiger partial charge in [-0.3, -0.25) is 0 Å². The molecule has 0 spiro atoms. The van der Waals surface area contributed by atoms with Crippen molar-refractivity contribution in [1.29, 1.82) is 0 Å². The van der Waals surface area contributed by atoms with Gasteiger partial charge < -0.3 is 14.0 Å². The molecule has 0 amide bonds. The molecule has 186 valence electrons. The van der Waals surface area contributed by atoms with E-state index in [2.05, 4.69) is 102 Å². The van der Waals surface area contributed by atoms with E-state index in [0.717, 1.165) is 17.8 Å². The molecular formula is C30H41BO3Si. The van der Waals surface area contributed by atoms with Crippen molar-refractivity contribution in [3.8, 4) is 0 Å². The molecule has 0 aromatic heterocycles. The van der Waals surface area contributed by atoms with Crippen molar-refractivity contribution >= 4 is 20.4 Å². The zero-order valence-electron chi connectivity index (χ0n) is 22.3. The van der Waals surface area contributed by atoms with Crippen LogP contribution in [0.25, 0.3) is 0 Å². The molecule has 1 heterocycles. The lowest BCUT2D eigenvalue weighted by atomic mass is 9.43. The Morgan fingerprint density at radius 2 is 1.69 bits per heavy atom. The van der Waals surface area contributed by atoms with Crippen LogP contribution in [0.15, 0.2) is 72.7 Å². The minimum absolute atomic E-state index is 0.00247. The van der Waals surface area contributed by atoms with E-state index in [1.165, 1.54) is 17.2 Å². The van der Waals surface area contributed by atoms with E-state index < -0.39 is 8.07 Å². The minimum Gasteiger partial charge on any atom is -0.402 e. The quantitative estimate of drug-likeness (QED) is 0.403. The van der Waals surface area contributed by atoms with E-state index in [1.54, 1.807) is 0 Å². The molecule has 6 rings (SSSR count). The van der Waals surface area contributed by atoms with Crippen LogP contribution in [0.2, 0.25) is 18.6 Å². The summed E-state index contributed by atoms with van der Waals surface area (Å²) < 4.78 is 20.1. The Hall–Kier alpha value is -1.66. The Bertz CT molecular complexity index is 1060. The van der Waals surface area contributed by atoms with Crippen molar-refractivity contribution in [3.63, 3.8) is 0 Å². The smallest absolute Gasteiger partial charge is 0.402 e. The predicted molar refractivity (Wildman–Crippen MR) is 147 cm³/mol. The minimum atomic E-state index is -2.03. The monoisotopic (exact) mass is 488 g/mol. The molecule has 3 nitrogen and oxygen atoms in total. The van der Waals surface area contributed by atoms with Crippen LogP contribution in [0, 0.1) is 17.3 Å². The van der Waals surface area contributed by atoms with Crippen molar-refractivity contribution in [2.24, 2.45) is 17.3 Å². The van der Waals surface area contributed by atoms with Gasteiger partial charge in [-0.2, -0.15) is 0 Å². The van der Waals surface area contributed by atoms with Crippen LogP contribution >= 0.6 is 0 Å². The van der Waals surface area contributed by atoms with Gasteiger partial charge in [-0.25, -0.2) is 0 Å². The summed E-state index contributed by atoms with van der Waals surface area (Å²) in [5, 5.41) is 1.41. The summed E-state index contributed by atoms with van der Waals surface area (Å²) in [6, 6.07) is 21.3. The second-order valence-electron chi connectivity index (χ2n) is 12.4. The molecule has 4 aliphatic rings. The predicted octanol–water partition coefficient (Wildman–Crippen LogP) is 6.40. The van der Waals surface area contributed by atoms with E-state index in [0.29, 0.717) is 17.9 Å². The molecule has 0 unspecified atom stereocenters. The number of benzene rings is 2. The molecule has 3 saturated carbocycles. The number of rotatable bonds is 8. The maximum Gasteiger partial charge on any atom is 0.489 e. The first-order valence-electron chi connectivity index (χ1n) is 13.3. The first kappa shape index (κ1) is 25.0. The number of hydrogen-bond donors (Lipinski definition) is 0. The van der Waals surface area contributed by atoms with E-state index in [1.807, 2.05) is 6.07 Å². The van der Waals surface area contributed by atoms with Crippen LogP contribution in [0.1, 0.15) is 46.1 Å². The molecule has 5 heteroatoms. The third kappa shape index (κ3) is 4.19. The summed E-state index contributed by atoms with van der Waals surface area (Å²) in [5.74, 6) is 1.28. The van der Waals surface area contributed by atoms with Crippen molar-refractivity contribution in [1.82, 2.24) is 0 Å². The van der Waals surface area contributed by atoms with Gasteiger partial charge in [0.25, 0.3) is 0 Å². The molecule has 2 aromatic rings. The standard InChI is InChI=1S/C30H41BO3Si/c1-21(31-33-27-19-24-18-26(29(24,3)4)30(27,5)34-31)28(35(6,7)25-16-12-9-13-17-25)22(2)32-20-23-14-10-8-11-15-23/h8-17,22,24,26-28H,1,18-20H2,2-7H3/t22-,24+,26+,27-,28+,30+/m0/s1. The van der Waals surface area contributed by atoms with Crippen LogP contribution in [-0.4, -0.2) is 33.0 Å². The molecule has 6 atom stereocenters. The normalized spacial score (nSPS) is 30.8. The van der Waals surface area contributed by atoms with Gasteiger partial charge in [0.05, 0.1) is 32.5 Å². The van der Waals surface area contributed by atoms with Crippen LogP contribution in [0.5, 0.6) is 0 Å². The SMILES string of the molecule is C=C(B1O[C@H]2C[C@H]3C[C@H](C3(C)C)[C@@]2(C)O1)[C@H]([C@H](C)OCc1ccccc1)[Si](C)(C)c1ccccc1. The zero-order valence-corrected chi connectivity index (χ0v) is 23.3. The molecule has 1 aliphatic heterocycles. The first-order chi connectivity index (χ1) is 16.5. The lowest BCUT2D eigenvalue weighted by Crippen LogP contribution is -2.65. The topological polar surface area (TPSA) is 27.7 Å². The van der Waals surface area contributed by atoms with Crippen LogP contribution in [0.4, 0.5) is 0 Å². The van der Waals surface area contributed by atoms with Gasteiger partial charge in [0.15, 0.2) is 0 Å². The summed E-state index contributed by atoms with van der Waals surface area (Å²) in [6.45, 7) is 19.5. The highest BCUT2D eigenvalue weighted by molar-refractivity contribution is 6.92. The van der Waals surface area contributed by atoms with E-state index in [4.69, 9.17) is 14.0 Å². The van der Waals surface area contributed by atoms with Gasteiger partial charge >= 0.3 is 7.12 Å². The Balaban J connectivity index is 1.41. The Labute approximate surface area is 213 Å². The zero-order chi connectivity index (χ0) is 25.0. The fourth-order valence-corrected chi connectivity index (χ4v) is 11.2. The van der Waals surface area contributed by atoms with Gasteiger partial charge in [0, 0.05) is 5.54 Å². The third-order valence-electron chi connectivity index (χ3n) is 9.77. The van der Waals surface area contributed by atoms with Gasteiger partial charge in [0.1, 0.15) is 0 Å².